The third kappa shape index (κ3) is 3.28. The number of nitrogens with one attached hydrogen (secondary N) is 1. The van der Waals surface area contributed by atoms with Crippen LogP contribution in [-0.2, 0) is 14.6 Å². The smallest absolute Gasteiger partial charge is 0.150 e. The first kappa shape index (κ1) is 14.6. The second-order valence-electron chi connectivity index (χ2n) is 5.15. The first-order valence-electron chi connectivity index (χ1n) is 6.28. The predicted octanol–water partition coefficient (Wildman–Crippen LogP) is 1.02. The molecule has 1 atom stereocenters. The fourth-order valence-corrected chi connectivity index (χ4v) is 3.19. The molecule has 1 aliphatic heterocycles. The van der Waals surface area contributed by atoms with Crippen LogP contribution in [0.3, 0.4) is 0 Å². The van der Waals surface area contributed by atoms with Gasteiger partial charge in [0.1, 0.15) is 15.6 Å². The van der Waals surface area contributed by atoms with Gasteiger partial charge in [-0.1, -0.05) is 20.8 Å². The molecule has 17 heavy (non-hydrogen) atoms. The van der Waals surface area contributed by atoms with Crippen molar-refractivity contribution in [3.05, 3.63) is 0 Å². The maximum absolute atomic E-state index is 12.3. The SMILES string of the molecule is CCS(=O)(=O)CCC(=O)C1(C(C)C)CCNC1. The highest BCUT2D eigenvalue weighted by Crippen LogP contribution is 2.36. The van der Waals surface area contributed by atoms with Crippen LogP contribution in [0.25, 0.3) is 0 Å². The van der Waals surface area contributed by atoms with Crippen molar-refractivity contribution in [1.29, 1.82) is 0 Å². The van der Waals surface area contributed by atoms with Gasteiger partial charge in [-0.3, -0.25) is 4.79 Å². The first-order chi connectivity index (χ1) is 7.84. The quantitative estimate of drug-likeness (QED) is 0.775. The Bertz CT molecular complexity index is 367. The molecule has 100 valence electrons. The van der Waals surface area contributed by atoms with Gasteiger partial charge in [0.25, 0.3) is 0 Å². The van der Waals surface area contributed by atoms with E-state index < -0.39 is 9.84 Å². The highest BCUT2D eigenvalue weighted by Gasteiger charge is 2.43. The summed E-state index contributed by atoms with van der Waals surface area (Å²) in [7, 11) is -3.04. The summed E-state index contributed by atoms with van der Waals surface area (Å²) in [5, 5.41) is 3.22. The lowest BCUT2D eigenvalue weighted by Gasteiger charge is -2.31. The molecule has 4 nitrogen and oxygen atoms in total. The minimum Gasteiger partial charge on any atom is -0.316 e. The standard InChI is InChI=1S/C12H23NO3S/c1-4-17(15,16)8-5-11(14)12(10(2)3)6-7-13-9-12/h10,13H,4-9H2,1-3H3. The molecule has 1 saturated heterocycles. The normalized spacial score (nSPS) is 25.4. The number of rotatable bonds is 6. The Hall–Kier alpha value is -0.420. The Kier molecular flexibility index (Phi) is 4.72. The number of carbonyl (C=O) groups excluding carboxylic acids is 1. The van der Waals surface area contributed by atoms with Crippen molar-refractivity contribution in [2.75, 3.05) is 24.6 Å². The third-order valence-corrected chi connectivity index (χ3v) is 5.63. The van der Waals surface area contributed by atoms with E-state index in [-0.39, 0.29) is 35.0 Å². The van der Waals surface area contributed by atoms with Crippen LogP contribution in [0.5, 0.6) is 0 Å². The van der Waals surface area contributed by atoms with Gasteiger partial charge in [-0.05, 0) is 18.9 Å². The topological polar surface area (TPSA) is 63.2 Å². The van der Waals surface area contributed by atoms with Crippen molar-refractivity contribution in [3.63, 3.8) is 0 Å². The Morgan fingerprint density at radius 2 is 2.06 bits per heavy atom. The fraction of sp³-hybridized carbons (Fsp3) is 0.917. The van der Waals surface area contributed by atoms with Crippen molar-refractivity contribution >= 4 is 15.6 Å². The minimum absolute atomic E-state index is 0.00317. The molecule has 1 aliphatic rings. The van der Waals surface area contributed by atoms with Gasteiger partial charge in [0.2, 0.25) is 0 Å². The second-order valence-corrected chi connectivity index (χ2v) is 7.62. The molecule has 1 unspecified atom stereocenters. The lowest BCUT2D eigenvalue weighted by Crippen LogP contribution is -2.39. The molecule has 1 N–H and O–H groups in total. The molecular formula is C12H23NO3S. The van der Waals surface area contributed by atoms with Crippen LogP contribution in [0.15, 0.2) is 0 Å². The molecule has 0 spiro atoms. The van der Waals surface area contributed by atoms with Crippen LogP contribution in [0.1, 0.15) is 33.6 Å². The Morgan fingerprint density at radius 3 is 2.47 bits per heavy atom. The zero-order chi connectivity index (χ0) is 13.1. The number of Topliss-reactive ketones (excluding diaryl/α,β-unsaturated/α-hetero) is 1. The molecule has 1 fully saturated rings. The molecule has 0 aromatic heterocycles. The minimum atomic E-state index is -3.04. The van der Waals surface area contributed by atoms with E-state index in [1.165, 1.54) is 0 Å². The van der Waals surface area contributed by atoms with E-state index in [1.807, 2.05) is 13.8 Å². The summed E-state index contributed by atoms with van der Waals surface area (Å²) in [5.41, 5.74) is -0.344. The van der Waals surface area contributed by atoms with Gasteiger partial charge in [-0.2, -0.15) is 0 Å². The highest BCUT2D eigenvalue weighted by molar-refractivity contribution is 7.91. The number of hydrogen-bond acceptors (Lipinski definition) is 4. The van der Waals surface area contributed by atoms with E-state index in [1.54, 1.807) is 6.92 Å². The molecule has 1 heterocycles. The predicted molar refractivity (Wildman–Crippen MR) is 68.7 cm³/mol. The summed E-state index contributed by atoms with van der Waals surface area (Å²) in [6.45, 7) is 7.24. The van der Waals surface area contributed by atoms with E-state index in [0.717, 1.165) is 13.0 Å². The van der Waals surface area contributed by atoms with Gasteiger partial charge in [-0.25, -0.2) is 8.42 Å². The molecule has 0 aromatic rings. The average molecular weight is 261 g/mol. The second kappa shape index (κ2) is 5.48. The van der Waals surface area contributed by atoms with Crippen LogP contribution >= 0.6 is 0 Å². The highest BCUT2D eigenvalue weighted by atomic mass is 32.2. The zero-order valence-electron chi connectivity index (χ0n) is 11.0. The molecule has 0 radical (unpaired) electrons. The van der Waals surface area contributed by atoms with Crippen LogP contribution in [0, 0.1) is 11.3 Å². The molecule has 0 aliphatic carbocycles. The van der Waals surface area contributed by atoms with Gasteiger partial charge in [0.15, 0.2) is 0 Å². The van der Waals surface area contributed by atoms with E-state index in [2.05, 4.69) is 5.32 Å². The molecular weight excluding hydrogens is 238 g/mol. The Morgan fingerprint density at radius 1 is 1.41 bits per heavy atom. The lowest BCUT2D eigenvalue weighted by atomic mass is 9.72. The zero-order valence-corrected chi connectivity index (χ0v) is 11.8. The molecule has 0 saturated carbocycles. The molecule has 0 bridgehead atoms. The fourth-order valence-electron chi connectivity index (χ4n) is 2.41. The van der Waals surface area contributed by atoms with Crippen LogP contribution < -0.4 is 5.32 Å². The van der Waals surface area contributed by atoms with E-state index in [9.17, 15) is 13.2 Å². The number of carbonyl (C=O) groups is 1. The number of ketones is 1. The Labute approximate surface area is 104 Å². The maximum Gasteiger partial charge on any atom is 0.150 e. The maximum atomic E-state index is 12.3. The summed E-state index contributed by atoms with van der Waals surface area (Å²) in [4.78, 5) is 12.3. The molecule has 0 aromatic carbocycles. The lowest BCUT2D eigenvalue weighted by molar-refractivity contribution is -0.129. The van der Waals surface area contributed by atoms with Crippen molar-refractivity contribution in [2.24, 2.45) is 11.3 Å². The van der Waals surface area contributed by atoms with E-state index in [4.69, 9.17) is 0 Å². The van der Waals surface area contributed by atoms with Gasteiger partial charge < -0.3 is 5.32 Å². The molecule has 5 heteroatoms. The van der Waals surface area contributed by atoms with Crippen molar-refractivity contribution < 1.29 is 13.2 Å². The van der Waals surface area contributed by atoms with Crippen LogP contribution in [0.2, 0.25) is 0 Å². The molecule has 0 amide bonds. The van der Waals surface area contributed by atoms with Crippen LogP contribution in [0.4, 0.5) is 0 Å². The summed E-state index contributed by atoms with van der Waals surface area (Å²) in [5.74, 6) is 0.480. The van der Waals surface area contributed by atoms with Crippen molar-refractivity contribution in [3.8, 4) is 0 Å². The van der Waals surface area contributed by atoms with Crippen molar-refractivity contribution in [1.82, 2.24) is 5.32 Å². The van der Waals surface area contributed by atoms with Gasteiger partial charge in [-0.15, -0.1) is 0 Å². The van der Waals surface area contributed by atoms with Crippen molar-refractivity contribution in [2.45, 2.75) is 33.6 Å². The summed E-state index contributed by atoms with van der Waals surface area (Å²) in [6.07, 6.45) is 0.992. The monoisotopic (exact) mass is 261 g/mol. The number of sulfone groups is 1. The summed E-state index contributed by atoms with van der Waals surface area (Å²) in [6, 6.07) is 0. The van der Waals surface area contributed by atoms with Gasteiger partial charge >= 0.3 is 0 Å². The van der Waals surface area contributed by atoms with E-state index >= 15 is 0 Å². The first-order valence-corrected chi connectivity index (χ1v) is 8.10. The van der Waals surface area contributed by atoms with Gasteiger partial charge in [0, 0.05) is 24.1 Å². The molecule has 1 rings (SSSR count). The Balaban J connectivity index is 2.68. The number of hydrogen-bond donors (Lipinski definition) is 1. The van der Waals surface area contributed by atoms with Crippen LogP contribution in [-0.4, -0.2) is 38.8 Å². The summed E-state index contributed by atoms with van der Waals surface area (Å²) < 4.78 is 22.8. The third-order valence-electron chi connectivity index (χ3n) is 3.93. The summed E-state index contributed by atoms with van der Waals surface area (Å²) >= 11 is 0. The van der Waals surface area contributed by atoms with E-state index in [0.29, 0.717) is 6.54 Å². The average Bonchev–Trinajstić information content (AvgIpc) is 2.76. The van der Waals surface area contributed by atoms with Gasteiger partial charge in [0.05, 0.1) is 5.75 Å². The largest absolute Gasteiger partial charge is 0.316 e.